The van der Waals surface area contributed by atoms with Crippen LogP contribution in [0.15, 0.2) is 30.3 Å². The largest absolute Gasteiger partial charge is 0.337 e. The summed E-state index contributed by atoms with van der Waals surface area (Å²) < 4.78 is 0. The molecule has 1 saturated heterocycles. The summed E-state index contributed by atoms with van der Waals surface area (Å²) in [4.78, 5) is 14.5. The van der Waals surface area contributed by atoms with Crippen molar-refractivity contribution in [3.05, 3.63) is 52.8 Å². The Kier molecular flexibility index (Phi) is 4.27. The molecule has 4 heteroatoms. The first-order valence-electron chi connectivity index (χ1n) is 8.00. The monoisotopic (exact) mass is 297 g/mol. The van der Waals surface area contributed by atoms with Gasteiger partial charge in [-0.1, -0.05) is 30.3 Å². The van der Waals surface area contributed by atoms with Gasteiger partial charge in [-0.3, -0.25) is 9.89 Å². The summed E-state index contributed by atoms with van der Waals surface area (Å²) in [7, 11) is 0. The van der Waals surface area contributed by atoms with Crippen LogP contribution in [0.2, 0.25) is 0 Å². The van der Waals surface area contributed by atoms with Crippen LogP contribution < -0.4 is 0 Å². The molecular formula is C18H23N3O. The number of benzene rings is 1. The molecule has 1 fully saturated rings. The summed E-state index contributed by atoms with van der Waals surface area (Å²) >= 11 is 0. The molecule has 0 atom stereocenters. The van der Waals surface area contributed by atoms with Gasteiger partial charge in [-0.15, -0.1) is 0 Å². The molecule has 4 nitrogen and oxygen atoms in total. The summed E-state index contributed by atoms with van der Waals surface area (Å²) in [5.41, 5.74) is 3.92. The summed E-state index contributed by atoms with van der Waals surface area (Å²) in [6.07, 6.45) is 3.26. The minimum absolute atomic E-state index is 0.0695. The number of carbonyl (C=O) groups excluding carboxylic acids is 1. The van der Waals surface area contributed by atoms with Crippen molar-refractivity contribution in [1.29, 1.82) is 0 Å². The zero-order valence-corrected chi connectivity index (χ0v) is 13.3. The molecule has 1 aliphatic rings. The molecule has 0 radical (unpaired) electrons. The van der Waals surface area contributed by atoms with Gasteiger partial charge in [0.15, 0.2) is 5.69 Å². The van der Waals surface area contributed by atoms with Crippen LogP contribution in [0.5, 0.6) is 0 Å². The van der Waals surface area contributed by atoms with Gasteiger partial charge in [0.2, 0.25) is 0 Å². The molecule has 0 bridgehead atoms. The number of likely N-dealkylation sites (tertiary alicyclic amines) is 1. The lowest BCUT2D eigenvalue weighted by molar-refractivity contribution is 0.0684. The molecule has 1 amide bonds. The maximum Gasteiger partial charge on any atom is 0.274 e. The van der Waals surface area contributed by atoms with Gasteiger partial charge in [-0.2, -0.15) is 5.10 Å². The highest BCUT2D eigenvalue weighted by molar-refractivity contribution is 5.93. The second-order valence-corrected chi connectivity index (χ2v) is 6.25. The molecule has 0 spiro atoms. The average Bonchev–Trinajstić information content (AvgIpc) is 2.88. The van der Waals surface area contributed by atoms with Crippen LogP contribution in [-0.2, 0) is 6.42 Å². The predicted octanol–water partition coefficient (Wildman–Crippen LogP) is 3.12. The van der Waals surface area contributed by atoms with Crippen LogP contribution >= 0.6 is 0 Å². The van der Waals surface area contributed by atoms with Gasteiger partial charge >= 0.3 is 0 Å². The molecule has 2 heterocycles. The van der Waals surface area contributed by atoms with Gasteiger partial charge in [0.1, 0.15) is 0 Å². The first-order valence-corrected chi connectivity index (χ1v) is 8.00. The summed E-state index contributed by atoms with van der Waals surface area (Å²) in [5, 5.41) is 7.06. The fourth-order valence-corrected chi connectivity index (χ4v) is 3.13. The van der Waals surface area contributed by atoms with Gasteiger partial charge in [0.05, 0.1) is 0 Å². The highest BCUT2D eigenvalue weighted by Gasteiger charge is 2.26. The van der Waals surface area contributed by atoms with Gasteiger partial charge in [0.25, 0.3) is 5.91 Å². The molecule has 22 heavy (non-hydrogen) atoms. The van der Waals surface area contributed by atoms with E-state index in [1.807, 2.05) is 18.7 Å². The number of nitrogens with one attached hydrogen (secondary N) is 1. The van der Waals surface area contributed by atoms with E-state index in [1.54, 1.807) is 0 Å². The van der Waals surface area contributed by atoms with Crippen LogP contribution in [0.3, 0.4) is 0 Å². The van der Waals surface area contributed by atoms with Crippen molar-refractivity contribution in [2.24, 2.45) is 5.92 Å². The number of carbonyl (C=O) groups is 1. The Balaban J connectivity index is 1.57. The average molecular weight is 297 g/mol. The minimum atomic E-state index is 0.0695. The maximum atomic E-state index is 12.5. The number of aryl methyl sites for hydroxylation is 1. The van der Waals surface area contributed by atoms with Crippen molar-refractivity contribution >= 4 is 5.91 Å². The number of nitrogens with zero attached hydrogens (tertiary/aromatic N) is 2. The molecule has 0 saturated carbocycles. The maximum absolute atomic E-state index is 12.5. The van der Waals surface area contributed by atoms with E-state index in [2.05, 4.69) is 40.5 Å². The van der Waals surface area contributed by atoms with Crippen LogP contribution in [0.4, 0.5) is 0 Å². The summed E-state index contributed by atoms with van der Waals surface area (Å²) in [6.45, 7) is 5.57. The topological polar surface area (TPSA) is 49.0 Å². The Morgan fingerprint density at radius 2 is 1.91 bits per heavy atom. The molecule has 1 aromatic carbocycles. The molecule has 1 aromatic heterocycles. The Hall–Kier alpha value is -2.10. The molecule has 0 unspecified atom stereocenters. The van der Waals surface area contributed by atoms with Gasteiger partial charge in [0, 0.05) is 24.3 Å². The SMILES string of the molecule is Cc1[nH]nc(C(=O)N2CCC(Cc3ccccc3)CC2)c1C. The number of aromatic nitrogens is 2. The molecule has 0 aliphatic carbocycles. The molecule has 3 rings (SSSR count). The van der Waals surface area contributed by atoms with Crippen LogP contribution in [0, 0.1) is 19.8 Å². The zero-order chi connectivity index (χ0) is 15.5. The Morgan fingerprint density at radius 1 is 1.23 bits per heavy atom. The van der Waals surface area contributed by atoms with Gasteiger partial charge in [-0.25, -0.2) is 0 Å². The van der Waals surface area contributed by atoms with Crippen molar-refractivity contribution in [2.75, 3.05) is 13.1 Å². The number of H-pyrrole nitrogens is 1. The first-order chi connectivity index (χ1) is 10.6. The molecule has 1 N–H and O–H groups in total. The quantitative estimate of drug-likeness (QED) is 0.946. The Morgan fingerprint density at radius 3 is 2.50 bits per heavy atom. The minimum Gasteiger partial charge on any atom is -0.337 e. The number of hydrogen-bond donors (Lipinski definition) is 1. The standard InChI is InChI=1S/C18H23N3O/c1-13-14(2)19-20-17(13)18(22)21-10-8-16(9-11-21)12-15-6-4-3-5-7-15/h3-7,16H,8-12H2,1-2H3,(H,19,20). The fourth-order valence-electron chi connectivity index (χ4n) is 3.13. The summed E-state index contributed by atoms with van der Waals surface area (Å²) in [6, 6.07) is 10.6. The lowest BCUT2D eigenvalue weighted by Gasteiger charge is -2.31. The second-order valence-electron chi connectivity index (χ2n) is 6.25. The van der Waals surface area contributed by atoms with Crippen molar-refractivity contribution in [3.8, 4) is 0 Å². The van der Waals surface area contributed by atoms with Crippen molar-refractivity contribution in [1.82, 2.24) is 15.1 Å². The number of rotatable bonds is 3. The normalized spacial score (nSPS) is 16.0. The van der Waals surface area contributed by atoms with E-state index in [-0.39, 0.29) is 5.91 Å². The number of hydrogen-bond acceptors (Lipinski definition) is 2. The third-order valence-corrected chi connectivity index (χ3v) is 4.72. The van der Waals surface area contributed by atoms with E-state index in [4.69, 9.17) is 0 Å². The Labute approximate surface area is 131 Å². The molecular weight excluding hydrogens is 274 g/mol. The third-order valence-electron chi connectivity index (χ3n) is 4.72. The number of piperidine rings is 1. The first kappa shape index (κ1) is 14.8. The van der Waals surface area contributed by atoms with E-state index >= 15 is 0 Å². The van der Waals surface area contributed by atoms with Crippen molar-refractivity contribution in [2.45, 2.75) is 33.1 Å². The smallest absolute Gasteiger partial charge is 0.274 e. The van der Waals surface area contributed by atoms with Crippen LogP contribution in [0.1, 0.15) is 40.2 Å². The van der Waals surface area contributed by atoms with Crippen LogP contribution in [0.25, 0.3) is 0 Å². The zero-order valence-electron chi connectivity index (χ0n) is 13.3. The van der Waals surface area contributed by atoms with E-state index < -0.39 is 0 Å². The molecule has 2 aromatic rings. The lowest BCUT2D eigenvalue weighted by atomic mass is 9.90. The van der Waals surface area contributed by atoms with E-state index in [0.29, 0.717) is 11.6 Å². The van der Waals surface area contributed by atoms with Crippen molar-refractivity contribution < 1.29 is 4.79 Å². The fraction of sp³-hybridized carbons (Fsp3) is 0.444. The predicted molar refractivity (Wildman–Crippen MR) is 86.8 cm³/mol. The lowest BCUT2D eigenvalue weighted by Crippen LogP contribution is -2.39. The van der Waals surface area contributed by atoms with Gasteiger partial charge < -0.3 is 4.90 Å². The second kappa shape index (κ2) is 6.34. The van der Waals surface area contributed by atoms with Crippen molar-refractivity contribution in [3.63, 3.8) is 0 Å². The third kappa shape index (κ3) is 3.06. The number of amides is 1. The van der Waals surface area contributed by atoms with Gasteiger partial charge in [-0.05, 0) is 44.6 Å². The van der Waals surface area contributed by atoms with Crippen LogP contribution in [-0.4, -0.2) is 34.1 Å². The Bertz CT molecular complexity index is 640. The van der Waals surface area contributed by atoms with E-state index in [1.165, 1.54) is 5.56 Å². The van der Waals surface area contributed by atoms with E-state index in [9.17, 15) is 4.79 Å². The highest BCUT2D eigenvalue weighted by atomic mass is 16.2. The number of aromatic amines is 1. The van der Waals surface area contributed by atoms with E-state index in [0.717, 1.165) is 43.6 Å². The molecule has 1 aliphatic heterocycles. The summed E-state index contributed by atoms with van der Waals surface area (Å²) in [5.74, 6) is 0.744. The molecule has 116 valence electrons. The highest BCUT2D eigenvalue weighted by Crippen LogP contribution is 2.23.